The number of pyridine rings is 1. The molecule has 1 aromatic heterocycles. The maximum atomic E-state index is 6.26. The van der Waals surface area contributed by atoms with Gasteiger partial charge in [-0.15, -0.1) is 0 Å². The lowest BCUT2D eigenvalue weighted by Gasteiger charge is -2.14. The SMILES string of the molecule is Cc1cc(C)cc(C(N)c2ccc(C)nc2)c1. The lowest BCUT2D eigenvalue weighted by atomic mass is 9.97. The first kappa shape index (κ1) is 11.8. The molecule has 2 heteroatoms. The molecular formula is C15H18N2. The van der Waals surface area contributed by atoms with Crippen LogP contribution in [0.3, 0.4) is 0 Å². The zero-order valence-corrected chi connectivity index (χ0v) is 10.6. The molecule has 0 aliphatic heterocycles. The Kier molecular flexibility index (Phi) is 3.25. The van der Waals surface area contributed by atoms with E-state index in [1.807, 2.05) is 25.3 Å². The third-order valence-electron chi connectivity index (χ3n) is 2.90. The third kappa shape index (κ3) is 2.71. The minimum atomic E-state index is -0.0956. The van der Waals surface area contributed by atoms with E-state index in [4.69, 9.17) is 5.73 Å². The molecule has 0 saturated heterocycles. The van der Waals surface area contributed by atoms with Crippen LogP contribution in [0.5, 0.6) is 0 Å². The van der Waals surface area contributed by atoms with Gasteiger partial charge in [-0.25, -0.2) is 0 Å². The lowest BCUT2D eigenvalue weighted by Crippen LogP contribution is -2.12. The van der Waals surface area contributed by atoms with E-state index >= 15 is 0 Å². The van der Waals surface area contributed by atoms with Crippen molar-refractivity contribution in [1.29, 1.82) is 0 Å². The maximum Gasteiger partial charge on any atom is 0.0567 e. The second kappa shape index (κ2) is 4.68. The Balaban J connectivity index is 2.36. The minimum absolute atomic E-state index is 0.0956. The lowest BCUT2D eigenvalue weighted by molar-refractivity contribution is 0.857. The Labute approximate surface area is 103 Å². The van der Waals surface area contributed by atoms with Crippen LogP contribution in [-0.2, 0) is 0 Å². The highest BCUT2D eigenvalue weighted by Crippen LogP contribution is 2.21. The van der Waals surface area contributed by atoms with Crippen LogP contribution < -0.4 is 5.73 Å². The summed E-state index contributed by atoms with van der Waals surface area (Å²) in [5, 5.41) is 0. The van der Waals surface area contributed by atoms with Crippen LogP contribution in [0, 0.1) is 20.8 Å². The number of benzene rings is 1. The summed E-state index contributed by atoms with van der Waals surface area (Å²) in [6, 6.07) is 10.4. The van der Waals surface area contributed by atoms with E-state index in [0.717, 1.165) is 16.8 Å². The molecule has 0 fully saturated rings. The molecule has 1 aromatic carbocycles. The van der Waals surface area contributed by atoms with Gasteiger partial charge in [0.05, 0.1) is 6.04 Å². The summed E-state index contributed by atoms with van der Waals surface area (Å²) in [5.74, 6) is 0. The van der Waals surface area contributed by atoms with Gasteiger partial charge in [0, 0.05) is 11.9 Å². The fourth-order valence-electron chi connectivity index (χ4n) is 2.05. The molecule has 17 heavy (non-hydrogen) atoms. The smallest absolute Gasteiger partial charge is 0.0567 e. The summed E-state index contributed by atoms with van der Waals surface area (Å²) in [5.41, 5.74) is 12.0. The molecule has 2 rings (SSSR count). The second-order valence-electron chi connectivity index (χ2n) is 4.63. The van der Waals surface area contributed by atoms with Gasteiger partial charge in [-0.1, -0.05) is 35.4 Å². The average molecular weight is 226 g/mol. The summed E-state index contributed by atoms with van der Waals surface area (Å²) in [4.78, 5) is 4.29. The van der Waals surface area contributed by atoms with Gasteiger partial charge in [0.2, 0.25) is 0 Å². The van der Waals surface area contributed by atoms with Crippen LogP contribution in [0.15, 0.2) is 36.5 Å². The molecule has 0 saturated carbocycles. The number of nitrogens with zero attached hydrogens (tertiary/aromatic N) is 1. The fourth-order valence-corrected chi connectivity index (χ4v) is 2.05. The molecule has 2 nitrogen and oxygen atoms in total. The van der Waals surface area contributed by atoms with Crippen LogP contribution in [-0.4, -0.2) is 4.98 Å². The highest BCUT2D eigenvalue weighted by molar-refractivity contribution is 5.35. The van der Waals surface area contributed by atoms with Crippen molar-refractivity contribution in [2.75, 3.05) is 0 Å². The quantitative estimate of drug-likeness (QED) is 0.854. The molecule has 2 aromatic rings. The Morgan fingerprint density at radius 2 is 1.59 bits per heavy atom. The van der Waals surface area contributed by atoms with Crippen LogP contribution in [0.4, 0.5) is 0 Å². The largest absolute Gasteiger partial charge is 0.320 e. The molecule has 88 valence electrons. The molecule has 0 radical (unpaired) electrons. The van der Waals surface area contributed by atoms with Crippen LogP contribution in [0.2, 0.25) is 0 Å². The molecule has 1 atom stereocenters. The molecule has 1 unspecified atom stereocenters. The first-order chi connectivity index (χ1) is 8.06. The zero-order chi connectivity index (χ0) is 12.4. The van der Waals surface area contributed by atoms with E-state index < -0.39 is 0 Å². The van der Waals surface area contributed by atoms with Gasteiger partial charge in [-0.3, -0.25) is 4.98 Å². The molecule has 0 aliphatic carbocycles. The summed E-state index contributed by atoms with van der Waals surface area (Å²) < 4.78 is 0. The van der Waals surface area contributed by atoms with E-state index in [1.165, 1.54) is 11.1 Å². The number of aryl methyl sites for hydroxylation is 3. The predicted molar refractivity (Wildman–Crippen MR) is 70.9 cm³/mol. The van der Waals surface area contributed by atoms with Gasteiger partial charge in [0.25, 0.3) is 0 Å². The highest BCUT2D eigenvalue weighted by Gasteiger charge is 2.09. The highest BCUT2D eigenvalue weighted by atomic mass is 14.7. The second-order valence-corrected chi connectivity index (χ2v) is 4.63. The van der Waals surface area contributed by atoms with Gasteiger partial charge in [0.1, 0.15) is 0 Å². The first-order valence-electron chi connectivity index (χ1n) is 5.82. The van der Waals surface area contributed by atoms with Crippen LogP contribution >= 0.6 is 0 Å². The van der Waals surface area contributed by atoms with Gasteiger partial charge in [-0.05, 0) is 38.0 Å². The van der Waals surface area contributed by atoms with Gasteiger partial charge >= 0.3 is 0 Å². The molecule has 0 spiro atoms. The standard InChI is InChI=1S/C15H18N2/c1-10-6-11(2)8-14(7-10)15(16)13-5-4-12(3)17-9-13/h4-9,15H,16H2,1-3H3. The van der Waals surface area contributed by atoms with Crippen molar-refractivity contribution >= 4 is 0 Å². The Morgan fingerprint density at radius 1 is 0.941 bits per heavy atom. The third-order valence-corrected chi connectivity index (χ3v) is 2.90. The van der Waals surface area contributed by atoms with Crippen molar-refractivity contribution in [2.45, 2.75) is 26.8 Å². The van der Waals surface area contributed by atoms with E-state index in [1.54, 1.807) is 0 Å². The maximum absolute atomic E-state index is 6.26. The normalized spacial score (nSPS) is 12.5. The molecule has 0 bridgehead atoms. The summed E-state index contributed by atoms with van der Waals surface area (Å²) in [6.07, 6.45) is 1.86. The Bertz CT molecular complexity index is 495. The first-order valence-corrected chi connectivity index (χ1v) is 5.82. The Morgan fingerprint density at radius 3 is 2.12 bits per heavy atom. The van der Waals surface area contributed by atoms with Gasteiger partial charge < -0.3 is 5.73 Å². The molecule has 0 aliphatic rings. The number of rotatable bonds is 2. The molecule has 0 amide bonds. The number of aromatic nitrogens is 1. The van der Waals surface area contributed by atoms with Gasteiger partial charge in [-0.2, -0.15) is 0 Å². The number of hydrogen-bond donors (Lipinski definition) is 1. The van der Waals surface area contributed by atoms with Crippen molar-refractivity contribution in [2.24, 2.45) is 5.73 Å². The average Bonchev–Trinajstić information content (AvgIpc) is 2.28. The van der Waals surface area contributed by atoms with Crippen molar-refractivity contribution in [3.63, 3.8) is 0 Å². The summed E-state index contributed by atoms with van der Waals surface area (Å²) in [7, 11) is 0. The van der Waals surface area contributed by atoms with Crippen molar-refractivity contribution in [1.82, 2.24) is 4.98 Å². The van der Waals surface area contributed by atoms with Crippen LogP contribution in [0.1, 0.15) is 34.0 Å². The number of nitrogens with two attached hydrogens (primary N) is 1. The van der Waals surface area contributed by atoms with Crippen molar-refractivity contribution in [3.05, 3.63) is 64.5 Å². The molecule has 2 N–H and O–H groups in total. The minimum Gasteiger partial charge on any atom is -0.320 e. The van der Waals surface area contributed by atoms with E-state index in [2.05, 4.69) is 37.0 Å². The predicted octanol–water partition coefficient (Wildman–Crippen LogP) is 3.05. The number of hydrogen-bond acceptors (Lipinski definition) is 2. The molecule has 1 heterocycles. The van der Waals surface area contributed by atoms with Crippen LogP contribution in [0.25, 0.3) is 0 Å². The van der Waals surface area contributed by atoms with E-state index in [-0.39, 0.29) is 6.04 Å². The van der Waals surface area contributed by atoms with E-state index in [0.29, 0.717) is 0 Å². The summed E-state index contributed by atoms with van der Waals surface area (Å²) >= 11 is 0. The monoisotopic (exact) mass is 226 g/mol. The molecular weight excluding hydrogens is 208 g/mol. The van der Waals surface area contributed by atoms with Crippen molar-refractivity contribution < 1.29 is 0 Å². The zero-order valence-electron chi connectivity index (χ0n) is 10.6. The van der Waals surface area contributed by atoms with Gasteiger partial charge in [0.15, 0.2) is 0 Å². The van der Waals surface area contributed by atoms with Crippen molar-refractivity contribution in [3.8, 4) is 0 Å². The Hall–Kier alpha value is -1.67. The summed E-state index contributed by atoms with van der Waals surface area (Å²) in [6.45, 7) is 6.17. The topological polar surface area (TPSA) is 38.9 Å². The fraction of sp³-hybridized carbons (Fsp3) is 0.267. The van der Waals surface area contributed by atoms with E-state index in [9.17, 15) is 0 Å².